The van der Waals surface area contributed by atoms with Crippen LogP contribution in [0.5, 0.6) is 11.5 Å². The van der Waals surface area contributed by atoms with Gasteiger partial charge in [-0.1, -0.05) is 0 Å². The number of rotatable bonds is 5. The summed E-state index contributed by atoms with van der Waals surface area (Å²) in [5.74, 6) is 1.99. The van der Waals surface area contributed by atoms with Gasteiger partial charge in [0.2, 0.25) is 0 Å². The summed E-state index contributed by atoms with van der Waals surface area (Å²) in [7, 11) is 4.16. The molecule has 94 valence electrons. The number of fused-ring (bicyclic) bond motifs is 1. The first kappa shape index (κ1) is 12.2. The van der Waals surface area contributed by atoms with Crippen molar-refractivity contribution in [2.75, 3.05) is 33.9 Å². The predicted molar refractivity (Wildman–Crippen MR) is 68.9 cm³/mol. The van der Waals surface area contributed by atoms with E-state index in [1.54, 1.807) is 0 Å². The van der Waals surface area contributed by atoms with Crippen LogP contribution in [0.4, 0.5) is 0 Å². The number of hydrogen-bond donors (Lipinski definition) is 0. The molecule has 0 saturated heterocycles. The first-order chi connectivity index (χ1) is 8.25. The number of hydrogen-bond acceptors (Lipinski definition) is 3. The Labute approximate surface area is 103 Å². The van der Waals surface area contributed by atoms with E-state index >= 15 is 0 Å². The van der Waals surface area contributed by atoms with Gasteiger partial charge in [0.05, 0.1) is 13.2 Å². The molecule has 0 unspecified atom stereocenters. The Bertz CT molecular complexity index is 363. The highest BCUT2D eigenvalue weighted by molar-refractivity contribution is 5.41. The van der Waals surface area contributed by atoms with Crippen molar-refractivity contribution in [1.82, 2.24) is 4.90 Å². The summed E-state index contributed by atoms with van der Waals surface area (Å²) < 4.78 is 11.3. The molecule has 1 aromatic carbocycles. The van der Waals surface area contributed by atoms with Crippen LogP contribution >= 0.6 is 0 Å². The number of nitrogens with zero attached hydrogens (tertiary/aromatic N) is 1. The SMILES string of the molecule is CN(C)CCCOc1ccc2c(c1)CCCO2. The quantitative estimate of drug-likeness (QED) is 0.731. The molecule has 0 amide bonds. The van der Waals surface area contributed by atoms with Crippen LogP contribution in [-0.4, -0.2) is 38.8 Å². The maximum atomic E-state index is 5.74. The zero-order valence-electron chi connectivity index (χ0n) is 10.7. The molecular weight excluding hydrogens is 214 g/mol. The second-order valence-electron chi connectivity index (χ2n) is 4.73. The minimum Gasteiger partial charge on any atom is -0.494 e. The van der Waals surface area contributed by atoms with Crippen molar-refractivity contribution in [3.63, 3.8) is 0 Å². The summed E-state index contributed by atoms with van der Waals surface area (Å²) in [4.78, 5) is 2.17. The Morgan fingerprint density at radius 2 is 2.24 bits per heavy atom. The lowest BCUT2D eigenvalue weighted by Gasteiger charge is -2.18. The summed E-state index contributed by atoms with van der Waals surface area (Å²) in [6, 6.07) is 6.14. The lowest BCUT2D eigenvalue weighted by molar-refractivity contribution is 0.274. The summed E-state index contributed by atoms with van der Waals surface area (Å²) in [6.07, 6.45) is 3.27. The molecule has 1 heterocycles. The number of ether oxygens (including phenoxy) is 2. The van der Waals surface area contributed by atoms with E-state index in [0.29, 0.717) is 0 Å². The molecule has 0 radical (unpaired) electrons. The highest BCUT2D eigenvalue weighted by Crippen LogP contribution is 2.28. The monoisotopic (exact) mass is 235 g/mol. The Kier molecular flexibility index (Phi) is 4.26. The molecule has 0 N–H and O–H groups in total. The molecule has 0 saturated carbocycles. The lowest BCUT2D eigenvalue weighted by atomic mass is 10.1. The number of benzene rings is 1. The molecule has 0 aliphatic carbocycles. The van der Waals surface area contributed by atoms with Crippen molar-refractivity contribution < 1.29 is 9.47 Å². The van der Waals surface area contributed by atoms with E-state index in [2.05, 4.69) is 25.1 Å². The largest absolute Gasteiger partial charge is 0.494 e. The van der Waals surface area contributed by atoms with Gasteiger partial charge in [-0.3, -0.25) is 0 Å². The molecule has 2 rings (SSSR count). The molecular formula is C14H21NO2. The Morgan fingerprint density at radius 1 is 1.35 bits per heavy atom. The minimum atomic E-state index is 0.776. The average molecular weight is 235 g/mol. The van der Waals surface area contributed by atoms with Crippen LogP contribution in [-0.2, 0) is 6.42 Å². The van der Waals surface area contributed by atoms with Crippen molar-refractivity contribution >= 4 is 0 Å². The van der Waals surface area contributed by atoms with Crippen molar-refractivity contribution in [3.05, 3.63) is 23.8 Å². The minimum absolute atomic E-state index is 0.776. The van der Waals surface area contributed by atoms with E-state index in [9.17, 15) is 0 Å². The van der Waals surface area contributed by atoms with Crippen LogP contribution in [0.25, 0.3) is 0 Å². The van der Waals surface area contributed by atoms with E-state index in [-0.39, 0.29) is 0 Å². The summed E-state index contributed by atoms with van der Waals surface area (Å²) in [5.41, 5.74) is 1.28. The van der Waals surface area contributed by atoms with Gasteiger partial charge in [-0.15, -0.1) is 0 Å². The van der Waals surface area contributed by atoms with Crippen molar-refractivity contribution in [3.8, 4) is 11.5 Å². The van der Waals surface area contributed by atoms with Gasteiger partial charge in [-0.05, 0) is 57.1 Å². The van der Waals surface area contributed by atoms with Gasteiger partial charge in [-0.25, -0.2) is 0 Å². The average Bonchev–Trinajstić information content (AvgIpc) is 2.34. The van der Waals surface area contributed by atoms with Gasteiger partial charge in [-0.2, -0.15) is 0 Å². The Balaban J connectivity index is 1.85. The van der Waals surface area contributed by atoms with Gasteiger partial charge in [0.25, 0.3) is 0 Å². The third-order valence-electron chi connectivity index (χ3n) is 2.90. The van der Waals surface area contributed by atoms with E-state index in [1.807, 2.05) is 12.1 Å². The highest BCUT2D eigenvalue weighted by Gasteiger charge is 2.10. The topological polar surface area (TPSA) is 21.7 Å². The molecule has 1 aromatic rings. The van der Waals surface area contributed by atoms with Crippen LogP contribution in [0, 0.1) is 0 Å². The maximum Gasteiger partial charge on any atom is 0.122 e. The fourth-order valence-electron chi connectivity index (χ4n) is 2.00. The summed E-state index contributed by atoms with van der Waals surface area (Å²) in [5, 5.41) is 0. The van der Waals surface area contributed by atoms with Crippen LogP contribution in [0.1, 0.15) is 18.4 Å². The van der Waals surface area contributed by atoms with Gasteiger partial charge >= 0.3 is 0 Å². The van der Waals surface area contributed by atoms with Crippen LogP contribution < -0.4 is 9.47 Å². The van der Waals surface area contributed by atoms with Crippen molar-refractivity contribution in [1.29, 1.82) is 0 Å². The van der Waals surface area contributed by atoms with Crippen molar-refractivity contribution in [2.24, 2.45) is 0 Å². The molecule has 3 nitrogen and oxygen atoms in total. The predicted octanol–water partition coefficient (Wildman–Crippen LogP) is 2.34. The summed E-state index contributed by atoms with van der Waals surface area (Å²) >= 11 is 0. The van der Waals surface area contributed by atoms with Gasteiger partial charge < -0.3 is 14.4 Å². The molecule has 3 heteroatoms. The van der Waals surface area contributed by atoms with Crippen molar-refractivity contribution in [2.45, 2.75) is 19.3 Å². The fourth-order valence-corrected chi connectivity index (χ4v) is 2.00. The molecule has 17 heavy (non-hydrogen) atoms. The second-order valence-corrected chi connectivity index (χ2v) is 4.73. The molecule has 1 aliphatic rings. The second kappa shape index (κ2) is 5.92. The van der Waals surface area contributed by atoms with Gasteiger partial charge in [0.1, 0.15) is 11.5 Å². The third kappa shape index (κ3) is 3.63. The molecule has 0 fully saturated rings. The van der Waals surface area contributed by atoms with Crippen LogP contribution in [0.15, 0.2) is 18.2 Å². The molecule has 0 aromatic heterocycles. The first-order valence-corrected chi connectivity index (χ1v) is 6.29. The Hall–Kier alpha value is -1.22. The van der Waals surface area contributed by atoms with E-state index in [0.717, 1.165) is 50.5 Å². The third-order valence-corrected chi connectivity index (χ3v) is 2.90. The highest BCUT2D eigenvalue weighted by atomic mass is 16.5. The van der Waals surface area contributed by atoms with E-state index in [1.165, 1.54) is 5.56 Å². The fraction of sp³-hybridized carbons (Fsp3) is 0.571. The van der Waals surface area contributed by atoms with E-state index < -0.39 is 0 Å². The smallest absolute Gasteiger partial charge is 0.122 e. The molecule has 0 bridgehead atoms. The zero-order chi connectivity index (χ0) is 12.1. The zero-order valence-corrected chi connectivity index (χ0v) is 10.7. The standard InChI is InChI=1S/C14H21NO2/c1-15(2)8-4-10-16-13-6-7-14-12(11-13)5-3-9-17-14/h6-7,11H,3-5,8-10H2,1-2H3. The lowest BCUT2D eigenvalue weighted by Crippen LogP contribution is -2.15. The van der Waals surface area contributed by atoms with Gasteiger partial charge in [0.15, 0.2) is 0 Å². The molecule has 0 spiro atoms. The van der Waals surface area contributed by atoms with E-state index in [4.69, 9.17) is 9.47 Å². The molecule has 0 atom stereocenters. The van der Waals surface area contributed by atoms with Crippen LogP contribution in [0.3, 0.4) is 0 Å². The normalized spacial score (nSPS) is 14.3. The van der Waals surface area contributed by atoms with Gasteiger partial charge in [0, 0.05) is 6.54 Å². The first-order valence-electron chi connectivity index (χ1n) is 6.29. The Morgan fingerprint density at radius 3 is 3.06 bits per heavy atom. The van der Waals surface area contributed by atoms with Crippen LogP contribution in [0.2, 0.25) is 0 Å². The summed E-state index contributed by atoms with van der Waals surface area (Å²) in [6.45, 7) is 2.68. The maximum absolute atomic E-state index is 5.74. The number of aryl methyl sites for hydroxylation is 1. The molecule has 1 aliphatic heterocycles.